The molecule has 1 aromatic carbocycles. The van der Waals surface area contributed by atoms with Gasteiger partial charge in [0.2, 0.25) is 0 Å². The minimum Gasteiger partial charge on any atom is -0.486 e. The third-order valence-electron chi connectivity index (χ3n) is 3.30. The maximum atomic E-state index is 11.8. The smallest absolute Gasteiger partial charge is 0.319 e. The zero-order valence-corrected chi connectivity index (χ0v) is 11.7. The molecule has 6 heteroatoms. The molecular weight excluding hydrogens is 260 g/mol. The first-order valence-corrected chi connectivity index (χ1v) is 6.68. The topological polar surface area (TPSA) is 79.8 Å². The zero-order chi connectivity index (χ0) is 14.5. The summed E-state index contributed by atoms with van der Waals surface area (Å²) in [5.74, 6) is 1.32. The molecular formula is C14H20N2O4. The second kappa shape index (κ2) is 6.47. The van der Waals surface area contributed by atoms with Crippen LogP contribution in [0.3, 0.4) is 0 Å². The first-order valence-electron chi connectivity index (χ1n) is 6.68. The van der Waals surface area contributed by atoms with Crippen molar-refractivity contribution in [2.24, 2.45) is 5.92 Å². The summed E-state index contributed by atoms with van der Waals surface area (Å²) in [6, 6.07) is 4.83. The van der Waals surface area contributed by atoms with Gasteiger partial charge in [0, 0.05) is 24.4 Å². The Kier molecular flexibility index (Phi) is 4.68. The fraction of sp³-hybridized carbons (Fsp3) is 0.500. The number of benzene rings is 1. The van der Waals surface area contributed by atoms with Crippen LogP contribution in [-0.4, -0.2) is 37.0 Å². The normalized spacial score (nSPS) is 16.1. The van der Waals surface area contributed by atoms with Gasteiger partial charge < -0.3 is 25.2 Å². The van der Waals surface area contributed by atoms with Gasteiger partial charge in [-0.25, -0.2) is 4.79 Å². The van der Waals surface area contributed by atoms with Crippen molar-refractivity contribution in [3.63, 3.8) is 0 Å². The second-order valence-corrected chi connectivity index (χ2v) is 4.91. The SMILES string of the molecule is CC(CO)C(C)NC(=O)Nc1ccc2c(c1)OCCO2. The number of carbonyl (C=O) groups is 1. The Morgan fingerprint density at radius 2 is 2.00 bits per heavy atom. The summed E-state index contributed by atoms with van der Waals surface area (Å²) < 4.78 is 10.9. The van der Waals surface area contributed by atoms with Gasteiger partial charge in [0.05, 0.1) is 0 Å². The van der Waals surface area contributed by atoms with E-state index in [4.69, 9.17) is 14.6 Å². The highest BCUT2D eigenvalue weighted by molar-refractivity contribution is 5.89. The minimum absolute atomic E-state index is 0.000941. The molecule has 0 aliphatic carbocycles. The van der Waals surface area contributed by atoms with E-state index in [1.54, 1.807) is 18.2 Å². The average Bonchev–Trinajstić information content (AvgIpc) is 2.46. The van der Waals surface area contributed by atoms with Gasteiger partial charge in [-0.05, 0) is 25.0 Å². The fourth-order valence-corrected chi connectivity index (χ4v) is 1.80. The Balaban J connectivity index is 1.94. The van der Waals surface area contributed by atoms with E-state index < -0.39 is 0 Å². The van der Waals surface area contributed by atoms with Crippen molar-refractivity contribution in [3.05, 3.63) is 18.2 Å². The van der Waals surface area contributed by atoms with Gasteiger partial charge in [-0.2, -0.15) is 0 Å². The van der Waals surface area contributed by atoms with Crippen LogP contribution >= 0.6 is 0 Å². The number of urea groups is 1. The van der Waals surface area contributed by atoms with Gasteiger partial charge in [-0.3, -0.25) is 0 Å². The number of rotatable bonds is 4. The summed E-state index contributed by atoms with van der Waals surface area (Å²) in [6.45, 7) is 4.80. The lowest BCUT2D eigenvalue weighted by Crippen LogP contribution is -2.40. The Bertz CT molecular complexity index is 478. The molecule has 0 aromatic heterocycles. The number of ether oxygens (including phenoxy) is 2. The van der Waals surface area contributed by atoms with Crippen molar-refractivity contribution in [3.8, 4) is 11.5 Å². The van der Waals surface area contributed by atoms with Crippen molar-refractivity contribution >= 4 is 11.7 Å². The van der Waals surface area contributed by atoms with E-state index >= 15 is 0 Å². The van der Waals surface area contributed by atoms with Crippen LogP contribution in [0, 0.1) is 5.92 Å². The van der Waals surface area contributed by atoms with Crippen LogP contribution < -0.4 is 20.1 Å². The molecule has 1 aliphatic heterocycles. The Morgan fingerprint density at radius 1 is 1.30 bits per heavy atom. The number of aliphatic hydroxyl groups is 1. The van der Waals surface area contributed by atoms with Gasteiger partial charge in [0.15, 0.2) is 11.5 Å². The van der Waals surface area contributed by atoms with E-state index in [0.29, 0.717) is 30.4 Å². The summed E-state index contributed by atoms with van der Waals surface area (Å²) in [6.07, 6.45) is 0. The van der Waals surface area contributed by atoms with Crippen LogP contribution in [0.2, 0.25) is 0 Å². The van der Waals surface area contributed by atoms with Crippen molar-refractivity contribution in [1.29, 1.82) is 0 Å². The lowest BCUT2D eigenvalue weighted by molar-refractivity contribution is 0.171. The minimum atomic E-state index is -0.311. The molecule has 0 spiro atoms. The van der Waals surface area contributed by atoms with E-state index in [1.807, 2.05) is 13.8 Å². The molecule has 0 fully saturated rings. The fourth-order valence-electron chi connectivity index (χ4n) is 1.80. The number of nitrogens with one attached hydrogen (secondary N) is 2. The molecule has 2 unspecified atom stereocenters. The summed E-state index contributed by atoms with van der Waals surface area (Å²) in [4.78, 5) is 11.8. The second-order valence-electron chi connectivity index (χ2n) is 4.91. The molecule has 2 amide bonds. The Morgan fingerprint density at radius 3 is 2.70 bits per heavy atom. The number of hydrogen-bond acceptors (Lipinski definition) is 4. The molecule has 0 radical (unpaired) electrons. The number of fused-ring (bicyclic) bond motifs is 1. The summed E-state index contributed by atoms with van der Waals surface area (Å²) in [7, 11) is 0. The quantitative estimate of drug-likeness (QED) is 0.782. The molecule has 1 heterocycles. The summed E-state index contributed by atoms with van der Waals surface area (Å²) in [5.41, 5.74) is 0.635. The monoisotopic (exact) mass is 280 g/mol. The molecule has 20 heavy (non-hydrogen) atoms. The number of anilines is 1. The average molecular weight is 280 g/mol. The highest BCUT2D eigenvalue weighted by atomic mass is 16.6. The van der Waals surface area contributed by atoms with Gasteiger partial charge in [0.25, 0.3) is 0 Å². The largest absolute Gasteiger partial charge is 0.486 e. The predicted molar refractivity (Wildman–Crippen MR) is 75.3 cm³/mol. The molecule has 0 saturated heterocycles. The first-order chi connectivity index (χ1) is 9.60. The van der Waals surface area contributed by atoms with Crippen LogP contribution in [0.1, 0.15) is 13.8 Å². The maximum absolute atomic E-state index is 11.8. The standard InChI is InChI=1S/C14H20N2O4/c1-9(8-17)10(2)15-14(18)16-11-3-4-12-13(7-11)20-6-5-19-12/h3-4,7,9-10,17H,5-6,8H2,1-2H3,(H2,15,16,18). The predicted octanol–water partition coefficient (Wildman–Crippen LogP) is 1.60. The van der Waals surface area contributed by atoms with E-state index in [2.05, 4.69) is 10.6 Å². The van der Waals surface area contributed by atoms with Gasteiger partial charge in [-0.15, -0.1) is 0 Å². The number of carbonyl (C=O) groups excluding carboxylic acids is 1. The molecule has 3 N–H and O–H groups in total. The Hall–Kier alpha value is -1.95. The molecule has 0 saturated carbocycles. The van der Waals surface area contributed by atoms with Gasteiger partial charge >= 0.3 is 6.03 Å². The van der Waals surface area contributed by atoms with E-state index in [1.165, 1.54) is 0 Å². The van der Waals surface area contributed by atoms with Crippen LogP contribution in [0.15, 0.2) is 18.2 Å². The molecule has 0 bridgehead atoms. The molecule has 2 rings (SSSR count). The van der Waals surface area contributed by atoms with E-state index in [0.717, 1.165) is 0 Å². The van der Waals surface area contributed by atoms with E-state index in [9.17, 15) is 4.79 Å². The first kappa shape index (κ1) is 14.5. The third-order valence-corrected chi connectivity index (χ3v) is 3.30. The molecule has 1 aliphatic rings. The molecule has 1 aromatic rings. The van der Waals surface area contributed by atoms with Crippen molar-refractivity contribution in [1.82, 2.24) is 5.32 Å². The summed E-state index contributed by atoms with van der Waals surface area (Å²) in [5, 5.41) is 14.5. The highest BCUT2D eigenvalue weighted by Crippen LogP contribution is 2.32. The van der Waals surface area contributed by atoms with E-state index in [-0.39, 0.29) is 24.6 Å². The highest BCUT2D eigenvalue weighted by Gasteiger charge is 2.15. The molecule has 6 nitrogen and oxygen atoms in total. The van der Waals surface area contributed by atoms with Crippen LogP contribution in [0.5, 0.6) is 11.5 Å². The van der Waals surface area contributed by atoms with Crippen molar-refractivity contribution in [2.75, 3.05) is 25.1 Å². The van der Waals surface area contributed by atoms with Crippen molar-refractivity contribution < 1.29 is 19.4 Å². The lowest BCUT2D eigenvalue weighted by Gasteiger charge is -2.21. The van der Waals surface area contributed by atoms with Crippen LogP contribution in [0.25, 0.3) is 0 Å². The third kappa shape index (κ3) is 3.54. The van der Waals surface area contributed by atoms with Crippen LogP contribution in [-0.2, 0) is 0 Å². The summed E-state index contributed by atoms with van der Waals surface area (Å²) >= 11 is 0. The van der Waals surface area contributed by atoms with Gasteiger partial charge in [0.1, 0.15) is 13.2 Å². The van der Waals surface area contributed by atoms with Crippen LogP contribution in [0.4, 0.5) is 10.5 Å². The zero-order valence-electron chi connectivity index (χ0n) is 11.7. The number of aliphatic hydroxyl groups excluding tert-OH is 1. The molecule has 2 atom stereocenters. The number of hydrogen-bond donors (Lipinski definition) is 3. The lowest BCUT2D eigenvalue weighted by atomic mass is 10.1. The van der Waals surface area contributed by atoms with Crippen molar-refractivity contribution in [2.45, 2.75) is 19.9 Å². The Labute approximate surface area is 118 Å². The van der Waals surface area contributed by atoms with Gasteiger partial charge in [-0.1, -0.05) is 6.92 Å². The number of amides is 2. The maximum Gasteiger partial charge on any atom is 0.319 e. The molecule has 110 valence electrons.